The molecule has 6 rings (SSSR count). The van der Waals surface area contributed by atoms with E-state index in [9.17, 15) is 0 Å². The van der Waals surface area contributed by atoms with Crippen LogP contribution < -0.4 is 21.4 Å². The van der Waals surface area contributed by atoms with Gasteiger partial charge in [0.15, 0.2) is 0 Å². The highest BCUT2D eigenvalue weighted by Crippen LogP contribution is 2.26. The molecule has 0 saturated heterocycles. The number of allylic oxidation sites excluding steroid dienone is 3. The molecule has 0 saturated carbocycles. The molecule has 2 aliphatic rings. The minimum absolute atomic E-state index is 0.945. The van der Waals surface area contributed by atoms with E-state index in [0.29, 0.717) is 0 Å². The van der Waals surface area contributed by atoms with Crippen molar-refractivity contribution < 1.29 is 0 Å². The number of hydrogen-bond donors (Lipinski definition) is 4. The largest absolute Gasteiger partial charge is 0.367 e. The SMILES string of the molecule is CCCCCCCCCCCCCCCCCCN1CC=CC=C1C1=c2ccc([nH]2)=Cc2ccc([nH]2)C=c2ccc([nH]2)=Cc2ccc1[nH]2. The molecule has 0 atom stereocenters. The molecule has 0 aromatic carbocycles. The third kappa shape index (κ3) is 9.71. The molecule has 8 bridgehead atoms. The molecular formula is C43H57N5. The molecule has 0 unspecified atom stereocenters. The smallest absolute Gasteiger partial charge is 0.0500 e. The van der Waals surface area contributed by atoms with Crippen LogP contribution in [0.5, 0.6) is 0 Å². The van der Waals surface area contributed by atoms with E-state index in [4.69, 9.17) is 0 Å². The summed E-state index contributed by atoms with van der Waals surface area (Å²) in [6, 6.07) is 17.3. The molecule has 0 aliphatic carbocycles. The number of rotatable bonds is 18. The highest BCUT2D eigenvalue weighted by molar-refractivity contribution is 5.77. The second kappa shape index (κ2) is 17.9. The van der Waals surface area contributed by atoms with E-state index in [1.54, 1.807) is 0 Å². The lowest BCUT2D eigenvalue weighted by Gasteiger charge is -2.29. The van der Waals surface area contributed by atoms with Gasteiger partial charge in [-0.3, -0.25) is 0 Å². The summed E-state index contributed by atoms with van der Waals surface area (Å²) in [5.74, 6) is 0. The van der Waals surface area contributed by atoms with Crippen molar-refractivity contribution in [2.45, 2.75) is 110 Å². The van der Waals surface area contributed by atoms with Gasteiger partial charge in [-0.05, 0) is 79.3 Å². The third-order valence-corrected chi connectivity index (χ3v) is 9.95. The predicted octanol–water partition coefficient (Wildman–Crippen LogP) is 8.02. The van der Waals surface area contributed by atoms with Gasteiger partial charge in [0.25, 0.3) is 0 Å². The number of nitrogens with one attached hydrogen (secondary N) is 4. The summed E-state index contributed by atoms with van der Waals surface area (Å²) >= 11 is 0. The van der Waals surface area contributed by atoms with E-state index in [0.717, 1.165) is 57.3 Å². The Hall–Kier alpha value is -4.12. The molecule has 5 nitrogen and oxygen atoms in total. The van der Waals surface area contributed by atoms with Gasteiger partial charge in [0, 0.05) is 57.5 Å². The maximum absolute atomic E-state index is 3.73. The van der Waals surface area contributed by atoms with Gasteiger partial charge in [-0.25, -0.2) is 0 Å². The normalized spacial score (nSPS) is 14.1. The van der Waals surface area contributed by atoms with Gasteiger partial charge in [0.2, 0.25) is 0 Å². The van der Waals surface area contributed by atoms with E-state index in [1.807, 2.05) is 0 Å². The number of aromatic amines is 4. The Labute approximate surface area is 287 Å². The fourth-order valence-corrected chi connectivity index (χ4v) is 7.26. The minimum atomic E-state index is 0.945. The molecule has 6 heterocycles. The molecular weight excluding hydrogens is 587 g/mol. The lowest BCUT2D eigenvalue weighted by atomic mass is 10.0. The van der Waals surface area contributed by atoms with E-state index >= 15 is 0 Å². The second-order valence-corrected chi connectivity index (χ2v) is 13.9. The second-order valence-electron chi connectivity index (χ2n) is 13.9. The highest BCUT2D eigenvalue weighted by atomic mass is 15.1. The lowest BCUT2D eigenvalue weighted by Crippen LogP contribution is -2.30. The first kappa shape index (κ1) is 33.8. The Morgan fingerprint density at radius 2 is 1.04 bits per heavy atom. The van der Waals surface area contributed by atoms with E-state index in [2.05, 4.69) is 117 Å². The summed E-state index contributed by atoms with van der Waals surface area (Å²) in [7, 11) is 0. The van der Waals surface area contributed by atoms with Gasteiger partial charge in [-0.15, -0.1) is 0 Å². The summed E-state index contributed by atoms with van der Waals surface area (Å²) < 4.78 is 0. The molecule has 48 heavy (non-hydrogen) atoms. The summed E-state index contributed by atoms with van der Waals surface area (Å²) in [4.78, 5) is 17.1. The fraction of sp³-hybridized carbons (Fsp3) is 0.442. The monoisotopic (exact) mass is 643 g/mol. The molecule has 0 amide bonds. The molecule has 2 aliphatic heterocycles. The van der Waals surface area contributed by atoms with Crippen LogP contribution in [0.1, 0.15) is 132 Å². The molecule has 0 radical (unpaired) electrons. The Bertz CT molecular complexity index is 1870. The van der Waals surface area contributed by atoms with Crippen molar-refractivity contribution >= 4 is 23.8 Å². The quantitative estimate of drug-likeness (QED) is 0.0816. The Balaban J connectivity index is 1.05. The minimum Gasteiger partial charge on any atom is -0.367 e. The van der Waals surface area contributed by atoms with Gasteiger partial charge in [0.05, 0.1) is 11.0 Å². The first-order valence-electron chi connectivity index (χ1n) is 19.1. The van der Waals surface area contributed by atoms with Crippen molar-refractivity contribution in [2.24, 2.45) is 0 Å². The van der Waals surface area contributed by atoms with Crippen LogP contribution in [-0.4, -0.2) is 37.9 Å². The molecule has 4 aromatic heterocycles. The topological polar surface area (TPSA) is 66.4 Å². The maximum atomic E-state index is 3.73. The first-order chi connectivity index (χ1) is 23.7. The summed E-state index contributed by atoms with van der Waals surface area (Å²) in [5, 5.41) is 4.36. The zero-order valence-corrected chi connectivity index (χ0v) is 29.3. The van der Waals surface area contributed by atoms with Crippen LogP contribution in [0.4, 0.5) is 0 Å². The summed E-state index contributed by atoms with van der Waals surface area (Å²) in [5.41, 5.74) is 6.86. The number of nitrogens with zero attached hydrogens (tertiary/aromatic N) is 1. The average Bonchev–Trinajstić information content (AvgIpc) is 3.92. The van der Waals surface area contributed by atoms with Crippen molar-refractivity contribution in [1.29, 1.82) is 0 Å². The Morgan fingerprint density at radius 3 is 1.67 bits per heavy atom. The van der Waals surface area contributed by atoms with Crippen LogP contribution in [0.25, 0.3) is 23.8 Å². The summed E-state index contributed by atoms with van der Waals surface area (Å²) in [6.07, 6.45) is 35.7. The van der Waals surface area contributed by atoms with Crippen molar-refractivity contribution in [3.63, 3.8) is 0 Å². The van der Waals surface area contributed by atoms with Crippen molar-refractivity contribution in [3.05, 3.63) is 117 Å². The molecule has 4 aromatic rings. The number of H-pyrrole nitrogens is 4. The number of fused-ring (bicyclic) bond motifs is 8. The zero-order valence-electron chi connectivity index (χ0n) is 29.3. The van der Waals surface area contributed by atoms with Gasteiger partial charge in [-0.1, -0.05) is 115 Å². The van der Waals surface area contributed by atoms with Gasteiger partial charge in [0.1, 0.15) is 0 Å². The van der Waals surface area contributed by atoms with E-state index in [-0.39, 0.29) is 0 Å². The van der Waals surface area contributed by atoms with E-state index < -0.39 is 0 Å². The predicted molar refractivity (Wildman–Crippen MR) is 203 cm³/mol. The van der Waals surface area contributed by atoms with Crippen molar-refractivity contribution in [1.82, 2.24) is 24.8 Å². The van der Waals surface area contributed by atoms with Crippen LogP contribution in [0.3, 0.4) is 0 Å². The van der Waals surface area contributed by atoms with Crippen molar-refractivity contribution in [3.8, 4) is 0 Å². The van der Waals surface area contributed by atoms with Crippen LogP contribution in [0.15, 0.2) is 72.5 Å². The lowest BCUT2D eigenvalue weighted by molar-refractivity contribution is 0.373. The van der Waals surface area contributed by atoms with E-state index in [1.165, 1.54) is 114 Å². The first-order valence-corrected chi connectivity index (χ1v) is 19.1. The fourth-order valence-electron chi connectivity index (χ4n) is 7.26. The molecule has 4 N–H and O–H groups in total. The highest BCUT2D eigenvalue weighted by Gasteiger charge is 2.19. The van der Waals surface area contributed by atoms with Crippen LogP contribution >= 0.6 is 0 Å². The van der Waals surface area contributed by atoms with Crippen LogP contribution in [0.2, 0.25) is 0 Å². The average molecular weight is 644 g/mol. The molecule has 0 fully saturated rings. The molecule has 5 heteroatoms. The van der Waals surface area contributed by atoms with Crippen molar-refractivity contribution in [2.75, 3.05) is 13.1 Å². The zero-order chi connectivity index (χ0) is 32.8. The van der Waals surface area contributed by atoms with Gasteiger partial charge < -0.3 is 24.8 Å². The number of hydrogen-bond acceptors (Lipinski definition) is 1. The van der Waals surface area contributed by atoms with Gasteiger partial charge >= 0.3 is 0 Å². The Kier molecular flexibility index (Phi) is 12.6. The summed E-state index contributed by atoms with van der Waals surface area (Å²) in [6.45, 7) is 4.32. The van der Waals surface area contributed by atoms with Crippen LogP contribution in [-0.2, 0) is 0 Å². The Morgan fingerprint density at radius 1 is 0.521 bits per heavy atom. The molecule has 0 spiro atoms. The number of aromatic nitrogens is 4. The third-order valence-electron chi connectivity index (χ3n) is 9.95. The standard InChI is InChI=1S/C43H57N5/c1-2-3-4-5-6-7-8-9-10-11-12-13-14-15-16-18-29-48-30-19-17-20-42(48)43-40-27-25-38(46-40)32-36-23-21-34(44-36)31-35-22-24-37(45-35)33-39-26-28-41(43)47-39/h17,19-28,31-33,44-47H,2-16,18,29-30H2,1H3. The van der Waals surface area contributed by atoms with Gasteiger partial charge in [-0.2, -0.15) is 0 Å². The van der Waals surface area contributed by atoms with Crippen LogP contribution in [0, 0.1) is 0 Å². The number of unbranched alkanes of at least 4 members (excludes halogenated alkanes) is 15. The maximum Gasteiger partial charge on any atom is 0.0500 e. The molecule has 254 valence electrons.